The lowest BCUT2D eigenvalue weighted by Crippen LogP contribution is -2.59. The quantitative estimate of drug-likeness (QED) is 0.629. The van der Waals surface area contributed by atoms with Crippen molar-refractivity contribution in [1.82, 2.24) is 10.6 Å². The van der Waals surface area contributed by atoms with Gasteiger partial charge in [-0.2, -0.15) is 0 Å². The minimum atomic E-state index is -0.162. The number of rotatable bonds is 6. The minimum absolute atomic E-state index is 0.0370. The summed E-state index contributed by atoms with van der Waals surface area (Å²) in [6.45, 7) is 6.17. The molecule has 2 N–H and O–H groups in total. The molecule has 1 aliphatic heterocycles. The Kier molecular flexibility index (Phi) is 4.50. The first-order chi connectivity index (χ1) is 7.06. The third-order valence-electron chi connectivity index (χ3n) is 2.54. The Bertz CT molecular complexity index is 217. The van der Waals surface area contributed by atoms with E-state index in [9.17, 15) is 4.79 Å². The summed E-state index contributed by atoms with van der Waals surface area (Å²) in [5.41, 5.74) is -0.162. The van der Waals surface area contributed by atoms with E-state index in [1.807, 2.05) is 13.8 Å². The van der Waals surface area contributed by atoms with Crippen molar-refractivity contribution in [3.63, 3.8) is 0 Å². The molecule has 1 unspecified atom stereocenters. The normalized spacial score (nSPS) is 20.5. The van der Waals surface area contributed by atoms with Crippen LogP contribution in [0.3, 0.4) is 0 Å². The van der Waals surface area contributed by atoms with Crippen LogP contribution in [-0.4, -0.2) is 51.0 Å². The Morgan fingerprint density at radius 3 is 2.73 bits per heavy atom. The highest BCUT2D eigenvalue weighted by Crippen LogP contribution is 2.14. The van der Waals surface area contributed by atoms with Gasteiger partial charge in [-0.25, -0.2) is 0 Å². The van der Waals surface area contributed by atoms with Gasteiger partial charge in [0.25, 0.3) is 0 Å². The van der Waals surface area contributed by atoms with Crippen molar-refractivity contribution in [2.24, 2.45) is 0 Å². The standard InChI is InChI=1S/C10H20N2O3/c1-8(14-3)4-12-9(13)5-15-10(2)6-11-7-10/h8,11H,4-7H2,1-3H3,(H,12,13). The average molecular weight is 216 g/mol. The first kappa shape index (κ1) is 12.4. The second-order valence-electron chi connectivity index (χ2n) is 4.19. The first-order valence-electron chi connectivity index (χ1n) is 5.20. The number of hydrogen-bond donors (Lipinski definition) is 2. The Labute approximate surface area is 90.5 Å². The molecular weight excluding hydrogens is 196 g/mol. The van der Waals surface area contributed by atoms with E-state index in [1.54, 1.807) is 7.11 Å². The molecule has 0 aromatic rings. The summed E-state index contributed by atoms with van der Waals surface area (Å²) in [6.07, 6.45) is 0.0370. The van der Waals surface area contributed by atoms with E-state index in [4.69, 9.17) is 9.47 Å². The van der Waals surface area contributed by atoms with Gasteiger partial charge in [0.15, 0.2) is 0 Å². The zero-order valence-corrected chi connectivity index (χ0v) is 9.63. The molecule has 0 saturated carbocycles. The summed E-state index contributed by atoms with van der Waals surface area (Å²) in [7, 11) is 1.62. The molecule has 1 rings (SSSR count). The van der Waals surface area contributed by atoms with Gasteiger partial charge in [-0.05, 0) is 13.8 Å². The lowest BCUT2D eigenvalue weighted by molar-refractivity contribution is -0.136. The van der Waals surface area contributed by atoms with E-state index in [-0.39, 0.29) is 24.2 Å². The van der Waals surface area contributed by atoms with Gasteiger partial charge in [0.2, 0.25) is 5.91 Å². The lowest BCUT2D eigenvalue weighted by Gasteiger charge is -2.38. The lowest BCUT2D eigenvalue weighted by atomic mass is 10.0. The molecule has 0 radical (unpaired) electrons. The van der Waals surface area contributed by atoms with E-state index in [1.165, 1.54) is 0 Å². The van der Waals surface area contributed by atoms with Crippen molar-refractivity contribution in [3.05, 3.63) is 0 Å². The summed E-state index contributed by atoms with van der Waals surface area (Å²) in [4.78, 5) is 11.3. The maximum absolute atomic E-state index is 11.3. The third kappa shape index (κ3) is 4.15. The van der Waals surface area contributed by atoms with Crippen LogP contribution in [0.25, 0.3) is 0 Å². The number of nitrogens with one attached hydrogen (secondary N) is 2. The molecule has 5 heteroatoms. The van der Waals surface area contributed by atoms with Crippen LogP contribution in [-0.2, 0) is 14.3 Å². The van der Waals surface area contributed by atoms with Crippen LogP contribution in [0.2, 0.25) is 0 Å². The SMILES string of the molecule is COC(C)CNC(=O)COC1(C)CNC1. The molecule has 0 spiro atoms. The molecule has 15 heavy (non-hydrogen) atoms. The van der Waals surface area contributed by atoms with E-state index < -0.39 is 0 Å². The molecule has 0 bridgehead atoms. The van der Waals surface area contributed by atoms with E-state index in [0.29, 0.717) is 6.54 Å². The van der Waals surface area contributed by atoms with Gasteiger partial charge in [0.1, 0.15) is 6.61 Å². The van der Waals surface area contributed by atoms with Gasteiger partial charge in [0, 0.05) is 26.7 Å². The monoisotopic (exact) mass is 216 g/mol. The molecule has 1 atom stereocenters. The Hall–Kier alpha value is -0.650. The predicted octanol–water partition coefficient (Wildman–Crippen LogP) is -0.484. The topological polar surface area (TPSA) is 59.6 Å². The van der Waals surface area contributed by atoms with Crippen LogP contribution < -0.4 is 10.6 Å². The number of hydrogen-bond acceptors (Lipinski definition) is 4. The molecule has 0 aromatic heterocycles. The molecule has 1 heterocycles. The fourth-order valence-electron chi connectivity index (χ4n) is 1.21. The third-order valence-corrected chi connectivity index (χ3v) is 2.54. The molecular formula is C10H20N2O3. The summed E-state index contributed by atoms with van der Waals surface area (Å²) in [5, 5.41) is 5.85. The fraction of sp³-hybridized carbons (Fsp3) is 0.900. The van der Waals surface area contributed by atoms with Crippen LogP contribution in [0.4, 0.5) is 0 Å². The second kappa shape index (κ2) is 5.44. The van der Waals surface area contributed by atoms with E-state index in [2.05, 4.69) is 10.6 Å². The van der Waals surface area contributed by atoms with E-state index in [0.717, 1.165) is 13.1 Å². The van der Waals surface area contributed by atoms with Gasteiger partial charge in [-0.15, -0.1) is 0 Å². The maximum atomic E-state index is 11.3. The Morgan fingerprint density at radius 1 is 1.60 bits per heavy atom. The smallest absolute Gasteiger partial charge is 0.246 e. The summed E-state index contributed by atoms with van der Waals surface area (Å²) >= 11 is 0. The summed E-state index contributed by atoms with van der Waals surface area (Å²) in [6, 6.07) is 0. The van der Waals surface area contributed by atoms with Crippen LogP contribution in [0.1, 0.15) is 13.8 Å². The highest BCUT2D eigenvalue weighted by Gasteiger charge is 2.32. The van der Waals surface area contributed by atoms with Crippen molar-refractivity contribution < 1.29 is 14.3 Å². The van der Waals surface area contributed by atoms with Crippen LogP contribution in [0.5, 0.6) is 0 Å². The number of ether oxygens (including phenoxy) is 2. The molecule has 1 saturated heterocycles. The number of carbonyl (C=O) groups is 1. The van der Waals surface area contributed by atoms with Crippen molar-refractivity contribution in [2.45, 2.75) is 25.6 Å². The number of methoxy groups -OCH3 is 1. The van der Waals surface area contributed by atoms with Crippen LogP contribution in [0, 0.1) is 0 Å². The maximum Gasteiger partial charge on any atom is 0.246 e. The van der Waals surface area contributed by atoms with Crippen molar-refractivity contribution in [2.75, 3.05) is 33.4 Å². The first-order valence-corrected chi connectivity index (χ1v) is 5.20. The van der Waals surface area contributed by atoms with Gasteiger partial charge in [-0.1, -0.05) is 0 Å². The summed E-state index contributed by atoms with van der Waals surface area (Å²) < 4.78 is 10.5. The molecule has 1 aliphatic rings. The molecule has 0 aliphatic carbocycles. The summed E-state index contributed by atoms with van der Waals surface area (Å²) in [5.74, 6) is -0.0907. The fourth-order valence-corrected chi connectivity index (χ4v) is 1.21. The van der Waals surface area contributed by atoms with Crippen molar-refractivity contribution >= 4 is 5.91 Å². The van der Waals surface area contributed by atoms with Gasteiger partial charge in [-0.3, -0.25) is 4.79 Å². The highest BCUT2D eigenvalue weighted by molar-refractivity contribution is 5.77. The van der Waals surface area contributed by atoms with Crippen LogP contribution in [0.15, 0.2) is 0 Å². The van der Waals surface area contributed by atoms with Crippen molar-refractivity contribution in [1.29, 1.82) is 0 Å². The van der Waals surface area contributed by atoms with E-state index >= 15 is 0 Å². The minimum Gasteiger partial charge on any atom is -0.380 e. The molecule has 5 nitrogen and oxygen atoms in total. The van der Waals surface area contributed by atoms with Gasteiger partial charge >= 0.3 is 0 Å². The molecule has 1 fully saturated rings. The largest absolute Gasteiger partial charge is 0.380 e. The van der Waals surface area contributed by atoms with Gasteiger partial charge < -0.3 is 20.1 Å². The predicted molar refractivity (Wildman–Crippen MR) is 56.7 cm³/mol. The second-order valence-corrected chi connectivity index (χ2v) is 4.19. The average Bonchev–Trinajstić information content (AvgIpc) is 2.20. The Morgan fingerprint density at radius 2 is 2.27 bits per heavy atom. The van der Waals surface area contributed by atoms with Crippen molar-refractivity contribution in [3.8, 4) is 0 Å². The Balaban J connectivity index is 2.08. The molecule has 0 aromatic carbocycles. The highest BCUT2D eigenvalue weighted by atomic mass is 16.5. The zero-order valence-electron chi connectivity index (χ0n) is 9.63. The van der Waals surface area contributed by atoms with Gasteiger partial charge in [0.05, 0.1) is 11.7 Å². The molecule has 88 valence electrons. The van der Waals surface area contributed by atoms with Crippen LogP contribution >= 0.6 is 0 Å². The number of amides is 1. The number of carbonyl (C=O) groups excluding carboxylic acids is 1. The molecule has 1 amide bonds. The zero-order chi connectivity index (χ0) is 11.3.